The van der Waals surface area contributed by atoms with Gasteiger partial charge in [0.1, 0.15) is 5.75 Å². The van der Waals surface area contributed by atoms with Crippen LogP contribution in [0.4, 0.5) is 5.69 Å². The average molecular weight is 650 g/mol. The molecule has 0 aromatic heterocycles. The highest BCUT2D eigenvalue weighted by Crippen LogP contribution is 2.38. The van der Waals surface area contributed by atoms with Crippen molar-refractivity contribution in [1.82, 2.24) is 20.4 Å². The molecule has 10 nitrogen and oxygen atoms in total. The summed E-state index contributed by atoms with van der Waals surface area (Å²) in [6, 6.07) is 1.63. The van der Waals surface area contributed by atoms with E-state index in [2.05, 4.69) is 20.4 Å². The van der Waals surface area contributed by atoms with Gasteiger partial charge in [0.15, 0.2) is 0 Å². The van der Waals surface area contributed by atoms with Crippen LogP contribution >= 0.6 is 11.6 Å². The van der Waals surface area contributed by atoms with Crippen molar-refractivity contribution in [3.05, 3.63) is 22.2 Å². The van der Waals surface area contributed by atoms with Crippen LogP contribution in [0.3, 0.4) is 0 Å². The quantitative estimate of drug-likeness (QED) is 0.120. The molecule has 4 rings (SSSR count). The molecule has 1 unspecified atom stereocenters. The maximum atomic E-state index is 12.9. The van der Waals surface area contributed by atoms with Gasteiger partial charge < -0.3 is 41.1 Å². The van der Waals surface area contributed by atoms with Gasteiger partial charge in [-0.15, -0.1) is 0 Å². The first-order valence-electron chi connectivity index (χ1n) is 17.4. The predicted molar refractivity (Wildman–Crippen MR) is 179 cm³/mol. The fraction of sp³-hybridized carbons (Fsp3) is 0.765. The van der Waals surface area contributed by atoms with E-state index in [1.807, 2.05) is 0 Å². The monoisotopic (exact) mass is 649 g/mol. The normalized spacial score (nSPS) is 18.8. The molecule has 0 spiro atoms. The first kappa shape index (κ1) is 35.7. The Morgan fingerprint density at radius 3 is 2.44 bits per heavy atom. The minimum Gasteiger partial charge on any atom is -0.492 e. The Kier molecular flexibility index (Phi) is 15.0. The van der Waals surface area contributed by atoms with E-state index >= 15 is 0 Å². The van der Waals surface area contributed by atoms with Crippen LogP contribution in [0.15, 0.2) is 6.07 Å². The summed E-state index contributed by atoms with van der Waals surface area (Å²) in [5, 5.41) is 24.6. The number of likely N-dealkylation sites (tertiary alicyclic amines) is 2. The Morgan fingerprint density at radius 1 is 0.978 bits per heavy atom. The second-order valence-corrected chi connectivity index (χ2v) is 13.7. The fourth-order valence-electron chi connectivity index (χ4n) is 6.89. The lowest BCUT2D eigenvalue weighted by Crippen LogP contribution is -2.43. The average Bonchev–Trinajstić information content (AvgIpc) is 3.55. The fourth-order valence-corrected chi connectivity index (χ4v) is 7.11. The zero-order valence-electron chi connectivity index (χ0n) is 27.0. The minimum absolute atomic E-state index is 0.119. The number of nitrogen functional groups attached to an aromatic ring is 1. The van der Waals surface area contributed by atoms with E-state index in [-0.39, 0.29) is 18.4 Å². The van der Waals surface area contributed by atoms with Gasteiger partial charge in [0.05, 0.1) is 35.6 Å². The van der Waals surface area contributed by atoms with Crippen LogP contribution in [0.2, 0.25) is 5.02 Å². The number of amides is 2. The molecule has 0 saturated carbocycles. The second-order valence-electron chi connectivity index (χ2n) is 13.3. The third-order valence-corrected chi connectivity index (χ3v) is 10.1. The van der Waals surface area contributed by atoms with Crippen molar-refractivity contribution in [3.63, 3.8) is 0 Å². The molecule has 0 aliphatic carbocycles. The Hall–Kier alpha value is -2.11. The van der Waals surface area contributed by atoms with Crippen LogP contribution in [-0.2, 0) is 11.2 Å². The predicted octanol–water partition coefficient (Wildman–Crippen LogP) is 3.60. The lowest BCUT2D eigenvalue weighted by atomic mass is 9.92. The van der Waals surface area contributed by atoms with E-state index in [1.165, 1.54) is 45.3 Å². The number of nitrogens with one attached hydrogen (secondary N) is 2. The number of unbranched alkanes of at least 4 members (excludes halogenated alkanes) is 4. The molecule has 3 heterocycles. The number of carbonyl (C=O) groups excluding carboxylic acids is 2. The third-order valence-electron chi connectivity index (χ3n) is 9.82. The van der Waals surface area contributed by atoms with E-state index in [9.17, 15) is 14.7 Å². The van der Waals surface area contributed by atoms with Gasteiger partial charge in [-0.3, -0.25) is 9.59 Å². The number of anilines is 1. The van der Waals surface area contributed by atoms with Gasteiger partial charge >= 0.3 is 0 Å². The lowest BCUT2D eigenvalue weighted by Gasteiger charge is -2.37. The molecule has 3 aliphatic heterocycles. The zero-order valence-corrected chi connectivity index (χ0v) is 27.8. The number of hydrogen-bond donors (Lipinski definition) is 5. The van der Waals surface area contributed by atoms with Crippen molar-refractivity contribution in [1.29, 1.82) is 0 Å². The second kappa shape index (κ2) is 18.9. The molecular weight excluding hydrogens is 594 g/mol. The smallest absolute Gasteiger partial charge is 0.255 e. The molecule has 2 amide bonds. The van der Waals surface area contributed by atoms with Crippen LogP contribution < -0.4 is 21.1 Å². The van der Waals surface area contributed by atoms with Crippen LogP contribution in [0, 0.1) is 11.8 Å². The largest absolute Gasteiger partial charge is 0.492 e. The van der Waals surface area contributed by atoms with Crippen molar-refractivity contribution in [2.45, 2.75) is 89.6 Å². The number of carbonyl (C=O) groups is 2. The van der Waals surface area contributed by atoms with Gasteiger partial charge in [-0.25, -0.2) is 0 Å². The highest BCUT2D eigenvalue weighted by molar-refractivity contribution is 6.33. The topological polar surface area (TPSA) is 140 Å². The summed E-state index contributed by atoms with van der Waals surface area (Å²) in [6.45, 7) is 8.57. The first-order chi connectivity index (χ1) is 21.8. The lowest BCUT2D eigenvalue weighted by molar-refractivity contribution is -0.121. The molecule has 1 aromatic rings. The van der Waals surface area contributed by atoms with E-state index in [0.29, 0.717) is 66.9 Å². The Morgan fingerprint density at radius 2 is 1.69 bits per heavy atom. The Balaban J connectivity index is 0.992. The summed E-state index contributed by atoms with van der Waals surface area (Å²) in [5.74, 6) is 1.84. The number of benzene rings is 1. The Labute approximate surface area is 274 Å². The molecule has 11 heteroatoms. The van der Waals surface area contributed by atoms with Gasteiger partial charge in [0.2, 0.25) is 5.91 Å². The van der Waals surface area contributed by atoms with Crippen LogP contribution in [0.5, 0.6) is 5.75 Å². The number of piperidine rings is 2. The molecule has 0 radical (unpaired) electrons. The van der Waals surface area contributed by atoms with Crippen molar-refractivity contribution < 1.29 is 24.5 Å². The van der Waals surface area contributed by atoms with E-state index in [1.54, 1.807) is 6.07 Å². The van der Waals surface area contributed by atoms with Gasteiger partial charge in [-0.05, 0) is 108 Å². The van der Waals surface area contributed by atoms with E-state index < -0.39 is 6.10 Å². The molecule has 2 fully saturated rings. The van der Waals surface area contributed by atoms with Crippen LogP contribution in [-0.4, -0.2) is 104 Å². The molecule has 2 saturated heterocycles. The number of hydrogen-bond acceptors (Lipinski definition) is 8. The van der Waals surface area contributed by atoms with Gasteiger partial charge in [-0.2, -0.15) is 0 Å². The molecule has 6 N–H and O–H groups in total. The molecule has 1 atom stereocenters. The number of nitrogens with zero attached hydrogens (tertiary/aromatic N) is 2. The molecule has 45 heavy (non-hydrogen) atoms. The number of aliphatic hydroxyl groups excluding tert-OH is 2. The Bertz CT molecular complexity index is 1080. The number of aliphatic hydroxyl groups is 2. The number of rotatable bonds is 18. The molecular formula is C34H56ClN5O5. The van der Waals surface area contributed by atoms with Gasteiger partial charge in [0.25, 0.3) is 5.91 Å². The third kappa shape index (κ3) is 11.6. The standard InChI is InChI=1S/C34H56ClN5O5/c35-30-21-29(33-28(32(30)36)13-20-45-33)34(44)38-22-25-9-18-40(19-10-25)23-26-11-16-39(17-12-26)15-6-2-1-3-8-31(43)37-14-5-4-7-27(42)24-41/h21,25-27,41-42H,1-20,22-24,36H2,(H,37,43)(H,38,44). The maximum absolute atomic E-state index is 12.9. The first-order valence-corrected chi connectivity index (χ1v) is 17.7. The van der Waals surface area contributed by atoms with Gasteiger partial charge in [0, 0.05) is 38.0 Å². The summed E-state index contributed by atoms with van der Waals surface area (Å²) in [7, 11) is 0. The molecule has 0 bridgehead atoms. The molecule has 1 aromatic carbocycles. The van der Waals surface area contributed by atoms with E-state index in [4.69, 9.17) is 27.2 Å². The maximum Gasteiger partial charge on any atom is 0.255 e. The van der Waals surface area contributed by atoms with Crippen molar-refractivity contribution in [2.75, 3.05) is 71.3 Å². The van der Waals surface area contributed by atoms with Crippen molar-refractivity contribution in [3.8, 4) is 5.75 Å². The minimum atomic E-state index is -0.642. The van der Waals surface area contributed by atoms with Crippen LogP contribution in [0.25, 0.3) is 0 Å². The van der Waals surface area contributed by atoms with E-state index in [0.717, 1.165) is 69.6 Å². The molecule has 254 valence electrons. The molecule has 3 aliphatic rings. The van der Waals surface area contributed by atoms with Gasteiger partial charge in [-0.1, -0.05) is 24.4 Å². The number of fused-ring (bicyclic) bond motifs is 1. The SMILES string of the molecule is Nc1c(Cl)cc(C(=O)NCC2CCN(CC3CCN(CCCCCCC(=O)NCCCCC(O)CO)CC3)CC2)c2c1CCO2. The summed E-state index contributed by atoms with van der Waals surface area (Å²) in [6.07, 6.45) is 12.0. The number of nitrogens with two attached hydrogens (primary N) is 1. The zero-order chi connectivity index (χ0) is 32.0. The number of halogens is 1. The highest BCUT2D eigenvalue weighted by Gasteiger charge is 2.27. The summed E-state index contributed by atoms with van der Waals surface area (Å²) in [5.41, 5.74) is 7.94. The van der Waals surface area contributed by atoms with Crippen molar-refractivity contribution in [2.24, 2.45) is 11.8 Å². The summed E-state index contributed by atoms with van der Waals surface area (Å²) in [4.78, 5) is 30.2. The highest BCUT2D eigenvalue weighted by atomic mass is 35.5. The number of ether oxygens (including phenoxy) is 1. The van der Waals surface area contributed by atoms with Crippen molar-refractivity contribution >= 4 is 29.1 Å². The summed E-state index contributed by atoms with van der Waals surface area (Å²) >= 11 is 6.28. The summed E-state index contributed by atoms with van der Waals surface area (Å²) < 4.78 is 5.70. The van der Waals surface area contributed by atoms with Crippen LogP contribution in [0.1, 0.15) is 93.0 Å².